The van der Waals surface area contributed by atoms with E-state index in [4.69, 9.17) is 26.1 Å². The van der Waals surface area contributed by atoms with Gasteiger partial charge in [0.25, 0.3) is 11.5 Å². The molecular weight excluding hydrogens is 765 g/mol. The standard InChI is InChI=1S/C39H43ClF5N5O4S/c1-22(2)54-36(52)30-16-55-34-28(13-23(3)46-33(30)34)27-14-25(40)5-8-32(27)53-12-11-50-24(4)47-31-7-6-26(15-29(31)35(50)51)49-10-9-37(19-49)17-38(41,42)20-48(18-37)21-39(43,44)45/h5,8,13-14,16,22,26H,6-7,9-12,15,17-21H2,1-4H3. The Labute approximate surface area is 324 Å². The number of pyridine rings is 1. The number of carbonyl (C=O) groups is 1. The minimum atomic E-state index is -4.56. The van der Waals surface area contributed by atoms with Gasteiger partial charge >= 0.3 is 12.1 Å². The Balaban J connectivity index is 1.07. The fourth-order valence-corrected chi connectivity index (χ4v) is 9.85. The summed E-state index contributed by atoms with van der Waals surface area (Å²) in [6.45, 7) is 5.99. The molecule has 3 aliphatic rings. The number of esters is 1. The molecule has 1 aliphatic carbocycles. The van der Waals surface area contributed by atoms with Crippen LogP contribution in [0.4, 0.5) is 22.0 Å². The normalized spacial score (nSPS) is 21.8. The van der Waals surface area contributed by atoms with Gasteiger partial charge in [0.05, 0.1) is 47.2 Å². The van der Waals surface area contributed by atoms with Gasteiger partial charge in [-0.15, -0.1) is 11.3 Å². The van der Waals surface area contributed by atoms with E-state index in [1.165, 1.54) is 11.3 Å². The highest BCUT2D eigenvalue weighted by Crippen LogP contribution is 2.46. The molecule has 1 aromatic carbocycles. The second-order valence-electron chi connectivity index (χ2n) is 15.5. The summed E-state index contributed by atoms with van der Waals surface area (Å²) in [7, 11) is 0. The van der Waals surface area contributed by atoms with Gasteiger partial charge in [-0.05, 0) is 84.2 Å². The molecule has 3 aromatic heterocycles. The number of hydrogen-bond donors (Lipinski definition) is 0. The maximum absolute atomic E-state index is 14.8. The van der Waals surface area contributed by atoms with E-state index in [1.54, 1.807) is 48.9 Å². The zero-order valence-electron chi connectivity index (χ0n) is 31.1. The Kier molecular flexibility index (Phi) is 10.8. The Morgan fingerprint density at radius 1 is 1.11 bits per heavy atom. The Morgan fingerprint density at radius 2 is 1.89 bits per heavy atom. The van der Waals surface area contributed by atoms with Crippen molar-refractivity contribution in [1.82, 2.24) is 24.3 Å². The van der Waals surface area contributed by atoms with Crippen molar-refractivity contribution in [3.63, 3.8) is 0 Å². The second-order valence-corrected chi connectivity index (χ2v) is 16.8. The molecule has 9 nitrogen and oxygen atoms in total. The Morgan fingerprint density at radius 3 is 2.64 bits per heavy atom. The number of likely N-dealkylation sites (tertiary alicyclic amines) is 2. The molecule has 2 unspecified atom stereocenters. The van der Waals surface area contributed by atoms with E-state index >= 15 is 0 Å². The van der Waals surface area contributed by atoms with Crippen LogP contribution in [0.5, 0.6) is 5.75 Å². The number of rotatable bonds is 9. The first-order chi connectivity index (χ1) is 25.9. The molecule has 4 aromatic rings. The summed E-state index contributed by atoms with van der Waals surface area (Å²) >= 11 is 7.85. The van der Waals surface area contributed by atoms with Crippen LogP contribution in [-0.4, -0.2) is 93.9 Å². The summed E-state index contributed by atoms with van der Waals surface area (Å²) in [5, 5.41) is 2.22. The van der Waals surface area contributed by atoms with Crippen LogP contribution < -0.4 is 10.3 Å². The first-order valence-corrected chi connectivity index (χ1v) is 19.7. The fourth-order valence-electron chi connectivity index (χ4n) is 8.67. The number of benzene rings is 1. The van der Waals surface area contributed by atoms with E-state index in [2.05, 4.69) is 9.88 Å². The molecule has 2 atom stereocenters. The molecule has 0 radical (unpaired) electrons. The van der Waals surface area contributed by atoms with Gasteiger partial charge in [0.2, 0.25) is 0 Å². The van der Waals surface area contributed by atoms with Crippen LogP contribution in [0.15, 0.2) is 34.4 Å². The number of halogens is 6. The first-order valence-electron chi connectivity index (χ1n) is 18.4. The summed E-state index contributed by atoms with van der Waals surface area (Å²) in [5.41, 5.74) is 3.25. The third kappa shape index (κ3) is 8.54. The molecular formula is C39H43ClF5N5O4S. The lowest BCUT2D eigenvalue weighted by Gasteiger charge is -2.45. The number of nitrogens with zero attached hydrogens (tertiary/aromatic N) is 5. The SMILES string of the molecule is Cc1cc(-c2cc(Cl)ccc2OCCn2c(C)nc3c(c2=O)CC(N2CCC4(CN(CC(F)(F)F)CC(F)(F)C4)C2)CC3)c2scc(C(=O)OC(C)C)c2n1. The van der Waals surface area contributed by atoms with Gasteiger partial charge in [-0.3, -0.25) is 24.1 Å². The lowest BCUT2D eigenvalue weighted by molar-refractivity contribution is -0.178. The van der Waals surface area contributed by atoms with E-state index in [-0.39, 0.29) is 43.9 Å². The van der Waals surface area contributed by atoms with E-state index in [0.29, 0.717) is 76.7 Å². The molecule has 5 heterocycles. The highest BCUT2D eigenvalue weighted by atomic mass is 35.5. The number of fused-ring (bicyclic) bond motifs is 2. The van der Waals surface area contributed by atoms with Crippen molar-refractivity contribution in [3.05, 3.63) is 73.4 Å². The molecule has 296 valence electrons. The zero-order valence-corrected chi connectivity index (χ0v) is 32.6. The summed E-state index contributed by atoms with van der Waals surface area (Å²) in [4.78, 5) is 39.2. The summed E-state index contributed by atoms with van der Waals surface area (Å²) in [6, 6.07) is 7.07. The van der Waals surface area contributed by atoms with Gasteiger partial charge < -0.3 is 9.47 Å². The lowest BCUT2D eigenvalue weighted by Crippen LogP contribution is -2.56. The fraction of sp³-hybridized carbons (Fsp3) is 0.538. The first kappa shape index (κ1) is 39.6. The number of carbonyl (C=O) groups excluding carboxylic acids is 1. The number of aryl methyl sites for hydroxylation is 3. The molecule has 2 fully saturated rings. The van der Waals surface area contributed by atoms with Crippen LogP contribution in [-0.2, 0) is 24.1 Å². The van der Waals surface area contributed by atoms with Crippen molar-refractivity contribution in [2.75, 3.05) is 39.3 Å². The molecule has 0 N–H and O–H groups in total. The van der Waals surface area contributed by atoms with Crippen LogP contribution in [0.25, 0.3) is 21.3 Å². The average molecular weight is 808 g/mol. The van der Waals surface area contributed by atoms with E-state index in [0.717, 1.165) is 20.9 Å². The minimum absolute atomic E-state index is 0.0300. The van der Waals surface area contributed by atoms with Gasteiger partial charge in [0.1, 0.15) is 18.2 Å². The quantitative estimate of drug-likeness (QED) is 0.125. The van der Waals surface area contributed by atoms with Crippen molar-refractivity contribution in [3.8, 4) is 16.9 Å². The molecule has 1 spiro atoms. The topological polar surface area (TPSA) is 89.8 Å². The van der Waals surface area contributed by atoms with Crippen molar-refractivity contribution >= 4 is 39.1 Å². The van der Waals surface area contributed by atoms with Gasteiger partial charge in [-0.1, -0.05) is 11.6 Å². The number of hydrogen-bond acceptors (Lipinski definition) is 9. The number of alkyl halides is 5. The molecule has 0 saturated carbocycles. The molecule has 2 saturated heterocycles. The highest BCUT2D eigenvalue weighted by molar-refractivity contribution is 7.18. The van der Waals surface area contributed by atoms with E-state index in [9.17, 15) is 31.5 Å². The average Bonchev–Trinajstić information content (AvgIpc) is 3.68. The second kappa shape index (κ2) is 15.0. The van der Waals surface area contributed by atoms with E-state index < -0.39 is 43.0 Å². The van der Waals surface area contributed by atoms with Gasteiger partial charge in [-0.2, -0.15) is 13.2 Å². The summed E-state index contributed by atoms with van der Waals surface area (Å²) in [5.74, 6) is -2.59. The molecule has 0 bridgehead atoms. The van der Waals surface area contributed by atoms with Crippen LogP contribution in [0, 0.1) is 19.3 Å². The zero-order chi connectivity index (χ0) is 39.4. The van der Waals surface area contributed by atoms with Gasteiger partial charge in [-0.25, -0.2) is 18.6 Å². The van der Waals surface area contributed by atoms with Gasteiger partial charge in [0.15, 0.2) is 0 Å². The summed E-state index contributed by atoms with van der Waals surface area (Å²) in [6.07, 6.45) is -3.30. The Hall–Kier alpha value is -3.66. The Bertz CT molecular complexity index is 2170. The van der Waals surface area contributed by atoms with Crippen LogP contribution in [0.2, 0.25) is 5.02 Å². The highest BCUT2D eigenvalue weighted by Gasteiger charge is 2.53. The monoisotopic (exact) mass is 807 g/mol. The predicted octanol–water partition coefficient (Wildman–Crippen LogP) is 7.89. The van der Waals surface area contributed by atoms with Crippen LogP contribution >= 0.6 is 22.9 Å². The third-order valence-electron chi connectivity index (χ3n) is 10.7. The molecule has 55 heavy (non-hydrogen) atoms. The number of thiophene rings is 1. The van der Waals surface area contributed by atoms with Crippen molar-refractivity contribution < 1.29 is 36.2 Å². The van der Waals surface area contributed by atoms with Crippen molar-refractivity contribution in [2.45, 2.75) is 90.6 Å². The number of piperidine rings is 1. The number of aromatic nitrogens is 3. The summed E-state index contributed by atoms with van der Waals surface area (Å²) < 4.78 is 83.3. The predicted molar refractivity (Wildman–Crippen MR) is 201 cm³/mol. The maximum Gasteiger partial charge on any atom is 0.401 e. The van der Waals surface area contributed by atoms with Crippen molar-refractivity contribution in [2.24, 2.45) is 5.41 Å². The van der Waals surface area contributed by atoms with E-state index in [1.807, 2.05) is 13.0 Å². The molecule has 7 rings (SSSR count). The molecule has 0 amide bonds. The largest absolute Gasteiger partial charge is 0.491 e. The number of ether oxygens (including phenoxy) is 2. The third-order valence-corrected chi connectivity index (χ3v) is 12.0. The molecule has 2 aliphatic heterocycles. The minimum Gasteiger partial charge on any atom is -0.491 e. The van der Waals surface area contributed by atoms with Crippen LogP contribution in [0.1, 0.15) is 66.2 Å². The van der Waals surface area contributed by atoms with Crippen LogP contribution in [0.3, 0.4) is 0 Å². The van der Waals surface area contributed by atoms with Crippen molar-refractivity contribution in [1.29, 1.82) is 0 Å². The van der Waals surface area contributed by atoms with Gasteiger partial charge in [0, 0.05) is 63.8 Å². The lowest BCUT2D eigenvalue weighted by atomic mass is 9.77. The molecule has 16 heteroatoms. The maximum atomic E-state index is 14.8. The smallest absolute Gasteiger partial charge is 0.401 e.